The molecule has 1 amide bonds. The number of unbranched alkanes of at least 4 members (excludes halogenated alkanes) is 1. The van der Waals surface area contributed by atoms with Crippen molar-refractivity contribution in [1.82, 2.24) is 19.6 Å². The van der Waals surface area contributed by atoms with Gasteiger partial charge in [-0.25, -0.2) is 4.98 Å². The van der Waals surface area contributed by atoms with E-state index in [2.05, 4.69) is 41.4 Å². The first-order valence-corrected chi connectivity index (χ1v) is 17.7. The molecule has 4 heterocycles. The topological polar surface area (TPSA) is 119 Å². The number of rotatable bonds is 12. The van der Waals surface area contributed by atoms with Crippen molar-refractivity contribution in [2.75, 3.05) is 18.1 Å². The van der Waals surface area contributed by atoms with Crippen LogP contribution < -0.4 is 14.4 Å². The van der Waals surface area contributed by atoms with E-state index in [0.717, 1.165) is 24.0 Å². The summed E-state index contributed by atoms with van der Waals surface area (Å²) in [6.45, 7) is 10.7. The van der Waals surface area contributed by atoms with Crippen molar-refractivity contribution >= 4 is 51.3 Å². The molecule has 1 saturated heterocycles. The highest BCUT2D eigenvalue weighted by molar-refractivity contribution is 8.00. The van der Waals surface area contributed by atoms with Gasteiger partial charge in [0.2, 0.25) is 5.13 Å². The molecule has 48 heavy (non-hydrogen) atoms. The summed E-state index contributed by atoms with van der Waals surface area (Å²) in [7, 11) is 0. The number of amides is 1. The molecule has 1 aliphatic rings. The fourth-order valence-electron chi connectivity index (χ4n) is 5.62. The van der Waals surface area contributed by atoms with Gasteiger partial charge in [0, 0.05) is 11.9 Å². The lowest BCUT2D eigenvalue weighted by molar-refractivity contribution is -0.132. The average molecular weight is 684 g/mol. The minimum absolute atomic E-state index is 0.0877. The molecule has 0 spiro atoms. The quantitative estimate of drug-likeness (QED) is 0.0354. The van der Waals surface area contributed by atoms with Crippen LogP contribution in [0.2, 0.25) is 0 Å². The molecule has 2 aromatic carbocycles. The summed E-state index contributed by atoms with van der Waals surface area (Å²) >= 11 is 2.72. The third-order valence-electron chi connectivity index (χ3n) is 8.18. The van der Waals surface area contributed by atoms with Gasteiger partial charge in [0.25, 0.3) is 5.78 Å². The second kappa shape index (κ2) is 14.2. The Morgan fingerprint density at radius 3 is 2.52 bits per heavy atom. The lowest BCUT2D eigenvalue weighted by atomic mass is 9.96. The van der Waals surface area contributed by atoms with E-state index in [1.807, 2.05) is 50.4 Å². The Balaban J connectivity index is 1.45. The van der Waals surface area contributed by atoms with Crippen LogP contribution in [0.1, 0.15) is 66.4 Å². The molecule has 1 unspecified atom stereocenters. The molecule has 1 fully saturated rings. The maximum absolute atomic E-state index is 13.9. The van der Waals surface area contributed by atoms with E-state index in [-0.39, 0.29) is 22.2 Å². The number of anilines is 1. The minimum atomic E-state index is -1.03. The van der Waals surface area contributed by atoms with Gasteiger partial charge in [0.05, 0.1) is 30.5 Å². The van der Waals surface area contributed by atoms with E-state index in [1.165, 1.54) is 33.6 Å². The smallest absolute Gasteiger partial charge is 0.301 e. The predicted molar refractivity (Wildman–Crippen MR) is 188 cm³/mol. The number of benzene rings is 2. The zero-order valence-electron chi connectivity index (χ0n) is 27.5. The van der Waals surface area contributed by atoms with E-state index < -0.39 is 17.7 Å². The largest absolute Gasteiger partial charge is 0.505 e. The molecule has 1 aliphatic heterocycles. The highest BCUT2D eigenvalue weighted by Crippen LogP contribution is 2.46. The number of fused-ring (bicyclic) bond motifs is 1. The number of carbonyl (C=O) groups is 2. The summed E-state index contributed by atoms with van der Waals surface area (Å²) in [4.78, 5) is 33.9. The Kier molecular flexibility index (Phi) is 9.83. The number of nitrogens with zero attached hydrogens (tertiary/aromatic N) is 5. The number of aryl methyl sites for hydroxylation is 3. The molecule has 1 atom stereocenters. The molecule has 0 bridgehead atoms. The van der Waals surface area contributed by atoms with Gasteiger partial charge in [-0.05, 0) is 69.0 Å². The van der Waals surface area contributed by atoms with Crippen molar-refractivity contribution in [1.29, 1.82) is 0 Å². The monoisotopic (exact) mass is 683 g/mol. The molecule has 0 radical (unpaired) electrons. The highest BCUT2D eigenvalue weighted by atomic mass is 32.2. The second-order valence-corrected chi connectivity index (χ2v) is 13.7. The maximum Gasteiger partial charge on any atom is 0.301 e. The van der Waals surface area contributed by atoms with Crippen molar-refractivity contribution in [3.63, 3.8) is 0 Å². The van der Waals surface area contributed by atoms with E-state index in [9.17, 15) is 14.7 Å². The number of aromatic nitrogens is 4. The van der Waals surface area contributed by atoms with E-state index in [1.54, 1.807) is 18.2 Å². The summed E-state index contributed by atoms with van der Waals surface area (Å²) < 4.78 is 14.5. The first kappa shape index (κ1) is 33.2. The van der Waals surface area contributed by atoms with Gasteiger partial charge in [0.1, 0.15) is 11.3 Å². The second-order valence-electron chi connectivity index (χ2n) is 11.6. The van der Waals surface area contributed by atoms with Gasteiger partial charge in [-0.1, -0.05) is 78.4 Å². The van der Waals surface area contributed by atoms with Crippen LogP contribution in [0.4, 0.5) is 5.13 Å². The molecule has 12 heteroatoms. The fraction of sp³-hybridized carbons (Fsp3) is 0.306. The van der Waals surface area contributed by atoms with Crippen molar-refractivity contribution in [2.24, 2.45) is 0 Å². The van der Waals surface area contributed by atoms with Crippen LogP contribution >= 0.6 is 23.1 Å². The number of hydrogen-bond donors (Lipinski definition) is 1. The zero-order valence-corrected chi connectivity index (χ0v) is 29.2. The Labute approximate surface area is 287 Å². The van der Waals surface area contributed by atoms with Crippen molar-refractivity contribution < 1.29 is 24.2 Å². The van der Waals surface area contributed by atoms with Crippen molar-refractivity contribution in [2.45, 2.75) is 63.6 Å². The molecule has 1 N–H and O–H groups in total. The molecular formula is C36H37N5O5S2. The molecule has 0 aliphatic carbocycles. The van der Waals surface area contributed by atoms with Crippen LogP contribution in [0.15, 0.2) is 70.7 Å². The van der Waals surface area contributed by atoms with Gasteiger partial charge < -0.3 is 19.0 Å². The Morgan fingerprint density at radius 1 is 1.00 bits per heavy atom. The molecule has 6 rings (SSSR count). The number of aliphatic hydroxyl groups is 1. The van der Waals surface area contributed by atoms with E-state index >= 15 is 0 Å². The fourth-order valence-corrected chi connectivity index (χ4v) is 7.44. The van der Waals surface area contributed by atoms with Gasteiger partial charge >= 0.3 is 5.91 Å². The number of ketones is 1. The standard InChI is InChI=1S/C36H37N5O5S2/c1-6-8-18-46-26-16-15-25(19-27(26)45-7-2)30-28(31(42)29-23(5)40-17-9-10-22(4)33(40)37-29)32(43)34(44)41(30)35-38-39-36(48-35)47-20-24-13-11-21(3)12-14-24/h9-17,19,30,42H,6-8,18,20H2,1-5H3/b31-28+. The number of hydrogen-bond acceptors (Lipinski definition) is 10. The first-order valence-electron chi connectivity index (χ1n) is 15.9. The van der Waals surface area contributed by atoms with Crippen LogP contribution in [0.3, 0.4) is 0 Å². The SMILES string of the molecule is CCCCOc1ccc(C2/C(=C(\O)c3nc4c(C)cccn4c3C)C(=O)C(=O)N2c2nnc(SCc3ccc(C)cc3)s2)cc1OCC. The molecule has 3 aromatic heterocycles. The number of carbonyl (C=O) groups excluding carboxylic acids is 2. The van der Waals surface area contributed by atoms with Gasteiger partial charge in [0.15, 0.2) is 21.6 Å². The lowest BCUT2D eigenvalue weighted by Gasteiger charge is -2.23. The zero-order chi connectivity index (χ0) is 33.9. The van der Waals surface area contributed by atoms with E-state index in [4.69, 9.17) is 14.5 Å². The van der Waals surface area contributed by atoms with Crippen molar-refractivity contribution in [3.05, 3.63) is 100 Å². The minimum Gasteiger partial charge on any atom is -0.505 e. The van der Waals surface area contributed by atoms with Gasteiger partial charge in [-0.15, -0.1) is 10.2 Å². The predicted octanol–water partition coefficient (Wildman–Crippen LogP) is 7.61. The van der Waals surface area contributed by atoms with Crippen LogP contribution in [0.5, 0.6) is 11.5 Å². The number of ether oxygens (including phenoxy) is 2. The normalized spacial score (nSPS) is 15.9. The van der Waals surface area contributed by atoms with Crippen LogP contribution in [0, 0.1) is 20.8 Å². The van der Waals surface area contributed by atoms with Crippen molar-refractivity contribution in [3.8, 4) is 11.5 Å². The van der Waals surface area contributed by atoms with E-state index in [0.29, 0.717) is 51.7 Å². The third kappa shape index (κ3) is 6.42. The number of thioether (sulfide) groups is 1. The summed E-state index contributed by atoms with van der Waals surface area (Å²) in [6, 6.07) is 16.4. The molecule has 5 aromatic rings. The summed E-state index contributed by atoms with van der Waals surface area (Å²) in [6.07, 6.45) is 3.71. The molecule has 10 nitrogen and oxygen atoms in total. The number of Topliss-reactive ketones (excluding diaryl/α,β-unsaturated/α-hetero) is 1. The number of pyridine rings is 1. The third-order valence-corrected chi connectivity index (χ3v) is 10.3. The first-order chi connectivity index (χ1) is 23.2. The summed E-state index contributed by atoms with van der Waals surface area (Å²) in [5, 5.41) is 20.9. The van der Waals surface area contributed by atoms with Crippen LogP contribution in [-0.4, -0.2) is 49.6 Å². The molecule has 248 valence electrons. The summed E-state index contributed by atoms with van der Waals surface area (Å²) in [5.41, 5.74) is 5.18. The number of aliphatic hydroxyl groups excluding tert-OH is 1. The average Bonchev–Trinajstić information content (AvgIpc) is 3.76. The number of imidazole rings is 1. The Morgan fingerprint density at radius 2 is 1.79 bits per heavy atom. The van der Waals surface area contributed by atoms with Gasteiger partial charge in [-0.3, -0.25) is 14.5 Å². The van der Waals surface area contributed by atoms with Crippen LogP contribution in [-0.2, 0) is 15.3 Å². The molecule has 0 saturated carbocycles. The Hall–Kier alpha value is -4.68. The van der Waals surface area contributed by atoms with Gasteiger partial charge in [-0.2, -0.15) is 0 Å². The van der Waals surface area contributed by atoms with Crippen LogP contribution in [0.25, 0.3) is 11.4 Å². The summed E-state index contributed by atoms with van der Waals surface area (Å²) in [5.74, 6) is -0.309. The lowest BCUT2D eigenvalue weighted by Crippen LogP contribution is -2.29. The highest BCUT2D eigenvalue weighted by Gasteiger charge is 2.49. The maximum atomic E-state index is 13.9. The Bertz CT molecular complexity index is 2020. The molecular weight excluding hydrogens is 647 g/mol.